The van der Waals surface area contributed by atoms with Gasteiger partial charge in [0.2, 0.25) is 5.88 Å². The van der Waals surface area contributed by atoms with Gasteiger partial charge in [0.25, 0.3) is 0 Å². The largest absolute Gasteiger partial charge is 0.383 e. The van der Waals surface area contributed by atoms with Gasteiger partial charge in [-0.25, -0.2) is 23.8 Å². The fraction of sp³-hybridized carbons (Fsp3) is 0.318. The highest BCUT2D eigenvalue weighted by Crippen LogP contribution is 2.47. The molecule has 11 nitrogen and oxygen atoms in total. The van der Waals surface area contributed by atoms with Crippen molar-refractivity contribution in [2.24, 2.45) is 0 Å². The zero-order chi connectivity index (χ0) is 23.9. The Labute approximate surface area is 193 Å². The number of nitrogens with one attached hydrogen (secondary N) is 2. The predicted molar refractivity (Wildman–Crippen MR) is 123 cm³/mol. The number of nitrogens with zero attached hydrogens (tertiary/aromatic N) is 5. The van der Waals surface area contributed by atoms with Crippen molar-refractivity contribution >= 4 is 34.5 Å². The first kappa shape index (κ1) is 21.8. The lowest BCUT2D eigenvalue weighted by atomic mass is 10.1. The molecule has 12 heteroatoms. The standard InChI is InChI=1S/C22H23FN8O3/c1-22(5-6-22)15-10-16(34-30-15)28-21(32)27-14-4-3-12(9-13(14)23)18-17-19(24)25-11-26-20(17)31(29-18)7-8-33-2/h3-4,9-11H,5-8H2,1-2H3,(H2,24,25,26)(H2,27,28,32). The van der Waals surface area contributed by atoms with Crippen molar-refractivity contribution in [3.63, 3.8) is 0 Å². The van der Waals surface area contributed by atoms with Crippen molar-refractivity contribution < 1.29 is 18.4 Å². The maximum absolute atomic E-state index is 14.9. The van der Waals surface area contributed by atoms with Crippen molar-refractivity contribution in [1.29, 1.82) is 0 Å². The number of methoxy groups -OCH3 is 1. The van der Waals surface area contributed by atoms with E-state index in [0.717, 1.165) is 18.5 Å². The van der Waals surface area contributed by atoms with Crippen LogP contribution in [0.1, 0.15) is 25.5 Å². The van der Waals surface area contributed by atoms with Crippen molar-refractivity contribution in [2.75, 3.05) is 30.1 Å². The first-order valence-corrected chi connectivity index (χ1v) is 10.7. The molecular formula is C22H23FN8O3. The summed E-state index contributed by atoms with van der Waals surface area (Å²) in [6.45, 7) is 2.93. The zero-order valence-electron chi connectivity index (χ0n) is 18.6. The van der Waals surface area contributed by atoms with E-state index in [2.05, 4.69) is 37.8 Å². The molecule has 34 heavy (non-hydrogen) atoms. The van der Waals surface area contributed by atoms with E-state index >= 15 is 0 Å². The molecule has 0 radical (unpaired) electrons. The average Bonchev–Trinajstić information content (AvgIpc) is 3.22. The van der Waals surface area contributed by atoms with Gasteiger partial charge in [-0.1, -0.05) is 18.1 Å². The lowest BCUT2D eigenvalue weighted by molar-refractivity contribution is 0.184. The number of nitrogens with two attached hydrogens (primary N) is 1. The molecule has 3 aromatic heterocycles. The van der Waals surface area contributed by atoms with Gasteiger partial charge < -0.3 is 20.3 Å². The van der Waals surface area contributed by atoms with Crippen LogP contribution in [0.5, 0.6) is 0 Å². The summed E-state index contributed by atoms with van der Waals surface area (Å²) in [4.78, 5) is 20.6. The van der Waals surface area contributed by atoms with Crippen molar-refractivity contribution in [2.45, 2.75) is 31.7 Å². The smallest absolute Gasteiger partial charge is 0.326 e. The molecule has 0 unspecified atom stereocenters. The first-order chi connectivity index (χ1) is 16.4. The molecule has 0 bridgehead atoms. The fourth-order valence-corrected chi connectivity index (χ4v) is 3.66. The van der Waals surface area contributed by atoms with Gasteiger partial charge in [0.05, 0.1) is 29.9 Å². The molecule has 3 heterocycles. The molecule has 1 aliphatic rings. The minimum Gasteiger partial charge on any atom is -0.383 e. The maximum atomic E-state index is 14.9. The number of halogens is 1. The summed E-state index contributed by atoms with van der Waals surface area (Å²) in [7, 11) is 1.59. The Hall–Kier alpha value is -4.06. The van der Waals surface area contributed by atoms with Crippen LogP contribution in [0.25, 0.3) is 22.3 Å². The molecule has 0 aliphatic heterocycles. The molecule has 176 valence electrons. The van der Waals surface area contributed by atoms with Crippen molar-refractivity contribution in [1.82, 2.24) is 24.9 Å². The SMILES string of the molecule is COCCn1nc(-c2ccc(NC(=O)Nc3cc(C4(C)CC4)no3)c(F)c2)c2c(N)ncnc21. The third-order valence-corrected chi connectivity index (χ3v) is 5.92. The van der Waals surface area contributed by atoms with Crippen LogP contribution in [-0.4, -0.2) is 44.7 Å². The van der Waals surface area contributed by atoms with Crippen LogP contribution in [0.4, 0.5) is 26.6 Å². The second kappa shape index (κ2) is 8.37. The Morgan fingerprint density at radius 1 is 1.29 bits per heavy atom. The molecule has 1 aliphatic carbocycles. The van der Waals surface area contributed by atoms with E-state index in [1.54, 1.807) is 23.9 Å². The monoisotopic (exact) mass is 466 g/mol. The number of carbonyl (C=O) groups is 1. The number of aromatic nitrogens is 5. The van der Waals surface area contributed by atoms with Crippen LogP contribution >= 0.6 is 0 Å². The highest BCUT2D eigenvalue weighted by molar-refractivity contribution is 6.00. The van der Waals surface area contributed by atoms with E-state index in [-0.39, 0.29) is 22.8 Å². The van der Waals surface area contributed by atoms with E-state index in [1.807, 2.05) is 0 Å². The number of fused-ring (bicyclic) bond motifs is 1. The first-order valence-electron chi connectivity index (χ1n) is 10.7. The summed E-state index contributed by atoms with van der Waals surface area (Å²) in [6.07, 6.45) is 3.40. The molecule has 4 aromatic rings. The molecule has 0 atom stereocenters. The summed E-state index contributed by atoms with van der Waals surface area (Å²) >= 11 is 0. The minimum absolute atomic E-state index is 0.0109. The molecule has 4 N–H and O–H groups in total. The number of hydrogen-bond acceptors (Lipinski definition) is 8. The summed E-state index contributed by atoms with van der Waals surface area (Å²) in [5.41, 5.74) is 8.27. The van der Waals surface area contributed by atoms with Gasteiger partial charge in [0.15, 0.2) is 5.65 Å². The van der Waals surface area contributed by atoms with E-state index in [9.17, 15) is 9.18 Å². The number of amides is 2. The van der Waals surface area contributed by atoms with Crippen LogP contribution in [-0.2, 0) is 16.7 Å². The number of ether oxygens (including phenoxy) is 1. The number of urea groups is 1. The van der Waals surface area contributed by atoms with Crippen molar-refractivity contribution in [3.8, 4) is 11.3 Å². The summed E-state index contributed by atoms with van der Waals surface area (Å²) < 4.78 is 26.8. The number of nitrogen functional groups attached to an aromatic ring is 1. The zero-order valence-corrected chi connectivity index (χ0v) is 18.6. The topological polar surface area (TPSA) is 146 Å². The fourth-order valence-electron chi connectivity index (χ4n) is 3.66. The van der Waals surface area contributed by atoms with Crippen LogP contribution in [0.2, 0.25) is 0 Å². The molecule has 1 saturated carbocycles. The van der Waals surface area contributed by atoms with E-state index in [1.165, 1.54) is 18.5 Å². The predicted octanol–water partition coefficient (Wildman–Crippen LogP) is 3.54. The maximum Gasteiger partial charge on any atom is 0.326 e. The number of benzene rings is 1. The Morgan fingerprint density at radius 3 is 2.85 bits per heavy atom. The quantitative estimate of drug-likeness (QED) is 0.375. The van der Waals surface area contributed by atoms with Crippen LogP contribution < -0.4 is 16.4 Å². The lowest BCUT2D eigenvalue weighted by Gasteiger charge is -2.08. The molecule has 1 aromatic carbocycles. The average molecular weight is 466 g/mol. The van der Waals surface area contributed by atoms with E-state index < -0.39 is 11.8 Å². The van der Waals surface area contributed by atoms with Gasteiger partial charge >= 0.3 is 6.03 Å². The van der Waals surface area contributed by atoms with Crippen LogP contribution in [0, 0.1) is 5.82 Å². The Balaban J connectivity index is 1.36. The summed E-state index contributed by atoms with van der Waals surface area (Å²) in [6, 6.07) is 5.38. The van der Waals surface area contributed by atoms with Gasteiger partial charge in [0.1, 0.15) is 23.7 Å². The normalized spacial score (nSPS) is 14.3. The molecule has 0 spiro atoms. The van der Waals surface area contributed by atoms with Gasteiger partial charge in [-0.15, -0.1) is 0 Å². The molecule has 0 saturated heterocycles. The number of carbonyl (C=O) groups excluding carboxylic acids is 1. The second-order valence-electron chi connectivity index (χ2n) is 8.43. The Kier molecular flexibility index (Phi) is 5.36. The highest BCUT2D eigenvalue weighted by Gasteiger charge is 2.42. The van der Waals surface area contributed by atoms with Gasteiger partial charge in [0, 0.05) is 24.2 Å². The number of hydrogen-bond donors (Lipinski definition) is 3. The highest BCUT2D eigenvalue weighted by atomic mass is 19.1. The summed E-state index contributed by atoms with van der Waals surface area (Å²) in [5.74, 6) is -0.218. The second-order valence-corrected chi connectivity index (χ2v) is 8.43. The van der Waals surface area contributed by atoms with Crippen LogP contribution in [0.15, 0.2) is 35.1 Å². The molecule has 5 rings (SSSR count). The van der Waals surface area contributed by atoms with Gasteiger partial charge in [-0.3, -0.25) is 5.32 Å². The van der Waals surface area contributed by atoms with E-state index in [4.69, 9.17) is 15.0 Å². The van der Waals surface area contributed by atoms with Crippen LogP contribution in [0.3, 0.4) is 0 Å². The third-order valence-electron chi connectivity index (χ3n) is 5.92. The number of anilines is 3. The lowest BCUT2D eigenvalue weighted by Crippen LogP contribution is -2.19. The Morgan fingerprint density at radius 2 is 2.12 bits per heavy atom. The summed E-state index contributed by atoms with van der Waals surface area (Å²) in [5, 5.41) is 14.1. The van der Waals surface area contributed by atoms with E-state index in [0.29, 0.717) is 35.4 Å². The van der Waals surface area contributed by atoms with Gasteiger partial charge in [-0.2, -0.15) is 5.10 Å². The van der Waals surface area contributed by atoms with Crippen molar-refractivity contribution in [3.05, 3.63) is 42.1 Å². The third kappa shape index (κ3) is 4.03. The molecule has 1 fully saturated rings. The number of rotatable bonds is 7. The molecule has 2 amide bonds. The van der Waals surface area contributed by atoms with Gasteiger partial charge in [-0.05, 0) is 25.0 Å². The minimum atomic E-state index is -0.651. The molecular weight excluding hydrogens is 443 g/mol. The Bertz CT molecular complexity index is 1380.